The van der Waals surface area contributed by atoms with Crippen molar-refractivity contribution in [3.05, 3.63) is 218 Å². The maximum atomic E-state index is 7.44. The van der Waals surface area contributed by atoms with Crippen LogP contribution in [0.1, 0.15) is 0 Å². The van der Waals surface area contributed by atoms with Gasteiger partial charge in [-0.05, 0) is 0 Å². The van der Waals surface area contributed by atoms with Gasteiger partial charge in [0.15, 0.2) is 0 Å². The molecule has 0 radical (unpaired) electrons. The van der Waals surface area contributed by atoms with Crippen LogP contribution < -0.4 is 17.6 Å². The SMILES string of the molecule is c1cc[c]([Ge]([c]2ccccc2)([c]2cccc3c2oc2c(-c4cccc5c4oc4ccccc45)cccc23)[c]2cccc3c2oc2c(-c4cccc5c4oc4ccccc45)cccc23)cc1. The number of hydrogen-bond donors (Lipinski definition) is 0. The molecule has 14 aromatic rings. The van der Waals surface area contributed by atoms with Crippen LogP contribution in [0.2, 0.25) is 0 Å². The summed E-state index contributed by atoms with van der Waals surface area (Å²) in [5.41, 5.74) is 10.9. The Morgan fingerprint density at radius 2 is 0.508 bits per heavy atom. The third-order valence-corrected chi connectivity index (χ3v) is 23.7. The molecule has 5 heteroatoms. The summed E-state index contributed by atoms with van der Waals surface area (Å²) in [5, 5.41) is 8.67. The predicted octanol–water partition coefficient (Wildman–Crippen LogP) is 14.0. The topological polar surface area (TPSA) is 52.6 Å². The normalized spacial score (nSPS) is 12.3. The van der Waals surface area contributed by atoms with E-state index in [9.17, 15) is 0 Å². The fraction of sp³-hybridized carbons (Fsp3) is 0. The number of furan rings is 4. The van der Waals surface area contributed by atoms with Gasteiger partial charge in [0.25, 0.3) is 0 Å². The molecule has 0 bridgehead atoms. The summed E-state index contributed by atoms with van der Waals surface area (Å²) in [5.74, 6) is 0. The Morgan fingerprint density at radius 1 is 0.215 bits per heavy atom. The first-order valence-corrected chi connectivity index (χ1v) is 26.3. The van der Waals surface area contributed by atoms with Crippen molar-refractivity contribution in [1.29, 1.82) is 0 Å². The molecule has 0 aliphatic rings. The van der Waals surface area contributed by atoms with Crippen molar-refractivity contribution in [2.75, 3.05) is 0 Å². The molecule has 0 unspecified atom stereocenters. The molecule has 0 spiro atoms. The van der Waals surface area contributed by atoms with Crippen LogP contribution in [0, 0.1) is 0 Å². The fourth-order valence-electron chi connectivity index (χ4n) is 10.9. The van der Waals surface area contributed by atoms with Crippen LogP contribution in [0.4, 0.5) is 0 Å². The van der Waals surface area contributed by atoms with Gasteiger partial charge in [-0.1, -0.05) is 0 Å². The first kappa shape index (κ1) is 36.4. The van der Waals surface area contributed by atoms with Gasteiger partial charge in [-0.3, -0.25) is 0 Å². The first-order valence-electron chi connectivity index (χ1n) is 22.1. The van der Waals surface area contributed by atoms with Crippen molar-refractivity contribution in [2.24, 2.45) is 0 Å². The van der Waals surface area contributed by atoms with Gasteiger partial charge in [-0.15, -0.1) is 0 Å². The average molecular weight is 894 g/mol. The van der Waals surface area contributed by atoms with E-state index >= 15 is 0 Å². The summed E-state index contributed by atoms with van der Waals surface area (Å²) in [6.07, 6.45) is 0. The molecule has 4 nitrogen and oxygen atoms in total. The van der Waals surface area contributed by atoms with Gasteiger partial charge in [0, 0.05) is 0 Å². The summed E-state index contributed by atoms with van der Waals surface area (Å²) < 4.78 is 33.0. The van der Waals surface area contributed by atoms with Crippen molar-refractivity contribution >= 4 is 119 Å². The van der Waals surface area contributed by atoms with Gasteiger partial charge in [0.1, 0.15) is 0 Å². The Morgan fingerprint density at radius 3 is 0.908 bits per heavy atom. The summed E-state index contributed by atoms with van der Waals surface area (Å²) in [6, 6.07) is 78.0. The van der Waals surface area contributed by atoms with Gasteiger partial charge in [-0.25, -0.2) is 0 Å². The van der Waals surface area contributed by atoms with Crippen LogP contribution in [0.15, 0.2) is 236 Å². The zero-order chi connectivity index (χ0) is 42.6. The third-order valence-electron chi connectivity index (χ3n) is 13.7. The van der Waals surface area contributed by atoms with Crippen molar-refractivity contribution in [1.82, 2.24) is 0 Å². The van der Waals surface area contributed by atoms with Crippen LogP contribution in [0.25, 0.3) is 110 Å². The molecule has 4 aromatic heterocycles. The van der Waals surface area contributed by atoms with E-state index in [0.717, 1.165) is 110 Å². The molecule has 14 rings (SSSR count). The molecule has 0 amide bonds. The number of para-hydroxylation sites is 8. The van der Waals surface area contributed by atoms with Crippen molar-refractivity contribution in [3.63, 3.8) is 0 Å². The van der Waals surface area contributed by atoms with Crippen LogP contribution in [-0.4, -0.2) is 13.3 Å². The van der Waals surface area contributed by atoms with Crippen LogP contribution in [0.5, 0.6) is 0 Å². The summed E-state index contributed by atoms with van der Waals surface area (Å²) >= 11 is -4.15. The molecule has 304 valence electrons. The number of rotatable bonds is 6. The van der Waals surface area contributed by atoms with E-state index in [0.29, 0.717) is 0 Å². The standard InChI is InChI=1S/C60H36GeO4/c1-3-17-37(18-4-1)61(38-19-5-2-6-20-38,51-33-15-31-49-47-29-13-27-45(57(47)64-59(49)51)43-25-11-23-41-39-21-7-9-35-53(39)62-55(41)43)52-34-16-32-50-48-30-14-28-46(58(48)65-60(50)52)44-26-12-24-42-40-22-8-10-36-54(40)63-56(42)44/h1-36H. The number of fused-ring (bicyclic) bond motifs is 12. The second-order valence-electron chi connectivity index (χ2n) is 17.0. The van der Waals surface area contributed by atoms with E-state index in [1.54, 1.807) is 0 Å². The van der Waals surface area contributed by atoms with Gasteiger partial charge in [0.2, 0.25) is 0 Å². The van der Waals surface area contributed by atoms with Crippen LogP contribution in [-0.2, 0) is 0 Å². The molecule has 4 heterocycles. The molecule has 0 saturated heterocycles. The maximum absolute atomic E-state index is 7.44. The molecule has 0 N–H and O–H groups in total. The van der Waals surface area contributed by atoms with Crippen molar-refractivity contribution in [3.8, 4) is 22.3 Å². The summed E-state index contributed by atoms with van der Waals surface area (Å²) in [7, 11) is 0. The van der Waals surface area contributed by atoms with Gasteiger partial charge in [-0.2, -0.15) is 0 Å². The third kappa shape index (κ3) is 5.14. The second-order valence-corrected chi connectivity index (χ2v) is 24.8. The Labute approximate surface area is 374 Å². The van der Waals surface area contributed by atoms with E-state index < -0.39 is 13.3 Å². The first-order chi connectivity index (χ1) is 32.3. The van der Waals surface area contributed by atoms with Crippen LogP contribution >= 0.6 is 0 Å². The van der Waals surface area contributed by atoms with E-state index in [4.69, 9.17) is 17.7 Å². The molecule has 10 aromatic carbocycles. The molecule has 0 aliphatic heterocycles. The zero-order valence-corrected chi connectivity index (χ0v) is 37.0. The van der Waals surface area contributed by atoms with E-state index in [-0.39, 0.29) is 0 Å². The number of benzene rings is 10. The van der Waals surface area contributed by atoms with E-state index in [2.05, 4.69) is 194 Å². The molecule has 0 aliphatic carbocycles. The predicted molar refractivity (Wildman–Crippen MR) is 270 cm³/mol. The average Bonchev–Trinajstić information content (AvgIpc) is 4.16. The monoisotopic (exact) mass is 894 g/mol. The van der Waals surface area contributed by atoms with E-state index in [1.165, 1.54) is 17.6 Å². The summed E-state index contributed by atoms with van der Waals surface area (Å²) in [6.45, 7) is 0. The minimum atomic E-state index is -4.15. The second kappa shape index (κ2) is 14.0. The zero-order valence-electron chi connectivity index (χ0n) is 34.9. The molecule has 0 saturated carbocycles. The quantitative estimate of drug-likeness (QED) is 0.156. The molecule has 0 atom stereocenters. The van der Waals surface area contributed by atoms with Crippen molar-refractivity contribution in [2.45, 2.75) is 0 Å². The number of hydrogen-bond acceptors (Lipinski definition) is 4. The Balaban J connectivity index is 1.07. The van der Waals surface area contributed by atoms with E-state index in [1.807, 2.05) is 24.3 Å². The fourth-order valence-corrected chi connectivity index (χ4v) is 21.4. The van der Waals surface area contributed by atoms with Gasteiger partial charge >= 0.3 is 377 Å². The molecule has 0 fully saturated rings. The van der Waals surface area contributed by atoms with Crippen LogP contribution in [0.3, 0.4) is 0 Å². The van der Waals surface area contributed by atoms with Crippen molar-refractivity contribution < 1.29 is 17.7 Å². The molecular formula is C60H36GeO4. The summed E-state index contributed by atoms with van der Waals surface area (Å²) in [4.78, 5) is 0. The molecular weight excluding hydrogens is 857 g/mol. The van der Waals surface area contributed by atoms with Gasteiger partial charge in [0.05, 0.1) is 0 Å². The Hall–Kier alpha value is -8.06. The minimum absolute atomic E-state index is 0.840. The Kier molecular flexibility index (Phi) is 7.83. The van der Waals surface area contributed by atoms with Gasteiger partial charge < -0.3 is 0 Å². The Bertz CT molecular complexity index is 3920. The molecule has 65 heavy (non-hydrogen) atoms.